The fourth-order valence-electron chi connectivity index (χ4n) is 1.78. The molecule has 2 N–H and O–H groups in total. The Morgan fingerprint density at radius 3 is 2.89 bits per heavy atom. The summed E-state index contributed by atoms with van der Waals surface area (Å²) in [5, 5.41) is 0. The van der Waals surface area contributed by atoms with Crippen LogP contribution in [0.4, 0.5) is 0 Å². The molecule has 5 heteroatoms. The van der Waals surface area contributed by atoms with Gasteiger partial charge in [-0.3, -0.25) is 0 Å². The van der Waals surface area contributed by atoms with Crippen molar-refractivity contribution in [2.24, 2.45) is 5.73 Å². The predicted octanol–water partition coefficient (Wildman–Crippen LogP) is 3.07. The van der Waals surface area contributed by atoms with E-state index in [0.717, 1.165) is 10.0 Å². The summed E-state index contributed by atoms with van der Waals surface area (Å²) in [5.74, 6) is 0.239. The minimum absolute atomic E-state index is 0.169. The monoisotopic (exact) mass is 323 g/mol. The standard InChI is InChI=1S/C14H14BrNO3/c1-18-14(17)13-6-5-12(19-13)11(16)8-9-3-2-4-10(15)7-9/h2-7,11H,8,16H2,1H3. The first-order valence-corrected chi connectivity index (χ1v) is 6.57. The Morgan fingerprint density at radius 1 is 1.42 bits per heavy atom. The molecule has 0 saturated heterocycles. The normalized spacial score (nSPS) is 12.2. The van der Waals surface area contributed by atoms with E-state index in [-0.39, 0.29) is 11.8 Å². The summed E-state index contributed by atoms with van der Waals surface area (Å²) in [6.07, 6.45) is 0.633. The van der Waals surface area contributed by atoms with Gasteiger partial charge in [0.1, 0.15) is 5.76 Å². The van der Waals surface area contributed by atoms with Gasteiger partial charge in [-0.2, -0.15) is 0 Å². The number of furan rings is 1. The summed E-state index contributed by atoms with van der Waals surface area (Å²) >= 11 is 3.42. The highest BCUT2D eigenvalue weighted by Gasteiger charge is 2.16. The number of hydrogen-bond donors (Lipinski definition) is 1. The summed E-state index contributed by atoms with van der Waals surface area (Å²) < 4.78 is 11.0. The van der Waals surface area contributed by atoms with Crippen LogP contribution < -0.4 is 5.73 Å². The van der Waals surface area contributed by atoms with Gasteiger partial charge in [0, 0.05) is 4.47 Å². The molecule has 0 aliphatic heterocycles. The largest absolute Gasteiger partial charge is 0.463 e. The van der Waals surface area contributed by atoms with E-state index in [1.807, 2.05) is 24.3 Å². The maximum Gasteiger partial charge on any atom is 0.373 e. The molecule has 19 heavy (non-hydrogen) atoms. The van der Waals surface area contributed by atoms with E-state index in [1.165, 1.54) is 7.11 Å². The molecule has 1 aromatic carbocycles. The second-order valence-electron chi connectivity index (χ2n) is 4.13. The Kier molecular flexibility index (Phi) is 4.39. The summed E-state index contributed by atoms with van der Waals surface area (Å²) in [5.41, 5.74) is 7.17. The number of hydrogen-bond acceptors (Lipinski definition) is 4. The Hall–Kier alpha value is -1.59. The van der Waals surface area contributed by atoms with Crippen molar-refractivity contribution in [1.82, 2.24) is 0 Å². The van der Waals surface area contributed by atoms with Gasteiger partial charge in [0.15, 0.2) is 0 Å². The third kappa shape index (κ3) is 3.45. The lowest BCUT2D eigenvalue weighted by Crippen LogP contribution is -2.12. The van der Waals surface area contributed by atoms with Crippen LogP contribution in [0.2, 0.25) is 0 Å². The highest BCUT2D eigenvalue weighted by molar-refractivity contribution is 9.10. The lowest BCUT2D eigenvalue weighted by Gasteiger charge is -2.09. The molecule has 0 amide bonds. The minimum atomic E-state index is -0.499. The first-order valence-electron chi connectivity index (χ1n) is 5.78. The molecular weight excluding hydrogens is 310 g/mol. The van der Waals surface area contributed by atoms with Crippen molar-refractivity contribution in [3.63, 3.8) is 0 Å². The first-order chi connectivity index (χ1) is 9.10. The molecular formula is C14H14BrNO3. The number of carbonyl (C=O) groups excluding carboxylic acids is 1. The number of rotatable bonds is 4. The zero-order valence-corrected chi connectivity index (χ0v) is 12.0. The van der Waals surface area contributed by atoms with Gasteiger partial charge in [0.2, 0.25) is 5.76 Å². The van der Waals surface area contributed by atoms with Gasteiger partial charge in [0.05, 0.1) is 13.2 Å². The van der Waals surface area contributed by atoms with Crippen molar-refractivity contribution < 1.29 is 13.9 Å². The average molecular weight is 324 g/mol. The van der Waals surface area contributed by atoms with Gasteiger partial charge in [-0.05, 0) is 36.2 Å². The van der Waals surface area contributed by atoms with E-state index in [0.29, 0.717) is 12.2 Å². The van der Waals surface area contributed by atoms with Crippen molar-refractivity contribution in [2.45, 2.75) is 12.5 Å². The van der Waals surface area contributed by atoms with Gasteiger partial charge in [-0.1, -0.05) is 28.1 Å². The topological polar surface area (TPSA) is 65.5 Å². The zero-order chi connectivity index (χ0) is 13.8. The molecule has 1 unspecified atom stereocenters. The van der Waals surface area contributed by atoms with Gasteiger partial charge >= 0.3 is 5.97 Å². The molecule has 0 aliphatic rings. The number of ether oxygens (including phenoxy) is 1. The lowest BCUT2D eigenvalue weighted by molar-refractivity contribution is 0.0562. The number of esters is 1. The van der Waals surface area contributed by atoms with E-state index in [4.69, 9.17) is 10.2 Å². The molecule has 1 aromatic heterocycles. The van der Waals surface area contributed by atoms with E-state index in [9.17, 15) is 4.79 Å². The van der Waals surface area contributed by atoms with E-state index in [1.54, 1.807) is 12.1 Å². The molecule has 0 fully saturated rings. The fourth-order valence-corrected chi connectivity index (χ4v) is 2.23. The second-order valence-corrected chi connectivity index (χ2v) is 5.05. The third-order valence-electron chi connectivity index (χ3n) is 2.72. The van der Waals surface area contributed by atoms with Crippen LogP contribution in [-0.2, 0) is 11.2 Å². The second kappa shape index (κ2) is 6.04. The number of carbonyl (C=O) groups is 1. The van der Waals surface area contributed by atoms with E-state index in [2.05, 4.69) is 20.7 Å². The van der Waals surface area contributed by atoms with Crippen LogP contribution in [0, 0.1) is 0 Å². The van der Waals surface area contributed by atoms with Crippen molar-refractivity contribution in [3.05, 3.63) is 58.0 Å². The van der Waals surface area contributed by atoms with Crippen LogP contribution >= 0.6 is 15.9 Å². The van der Waals surface area contributed by atoms with Crippen LogP contribution in [-0.4, -0.2) is 13.1 Å². The predicted molar refractivity (Wildman–Crippen MR) is 74.8 cm³/mol. The van der Waals surface area contributed by atoms with Crippen LogP contribution in [0.25, 0.3) is 0 Å². The van der Waals surface area contributed by atoms with Crippen LogP contribution in [0.1, 0.15) is 27.9 Å². The molecule has 0 radical (unpaired) electrons. The summed E-state index contributed by atoms with van der Waals surface area (Å²) in [6, 6.07) is 10.9. The molecule has 0 spiro atoms. The van der Waals surface area contributed by atoms with Gasteiger partial charge < -0.3 is 14.9 Å². The molecule has 4 nitrogen and oxygen atoms in total. The van der Waals surface area contributed by atoms with E-state index >= 15 is 0 Å². The number of nitrogens with two attached hydrogens (primary N) is 1. The Balaban J connectivity index is 2.09. The first kappa shape index (κ1) is 13.8. The molecule has 2 rings (SSSR count). The lowest BCUT2D eigenvalue weighted by atomic mass is 10.1. The molecule has 0 saturated carbocycles. The number of methoxy groups -OCH3 is 1. The summed E-state index contributed by atoms with van der Waals surface area (Å²) in [6.45, 7) is 0. The molecule has 1 heterocycles. The SMILES string of the molecule is COC(=O)c1ccc(C(N)Cc2cccc(Br)c2)o1. The van der Waals surface area contributed by atoms with Crippen molar-refractivity contribution in [2.75, 3.05) is 7.11 Å². The highest BCUT2D eigenvalue weighted by Crippen LogP contribution is 2.21. The fraction of sp³-hybridized carbons (Fsp3) is 0.214. The molecule has 0 bridgehead atoms. The molecule has 100 valence electrons. The smallest absolute Gasteiger partial charge is 0.373 e. The molecule has 0 aliphatic carbocycles. The third-order valence-corrected chi connectivity index (χ3v) is 3.22. The van der Waals surface area contributed by atoms with Crippen molar-refractivity contribution in [1.29, 1.82) is 0 Å². The average Bonchev–Trinajstić information content (AvgIpc) is 2.87. The highest BCUT2D eigenvalue weighted by atomic mass is 79.9. The Bertz CT molecular complexity index is 580. The molecule has 1 atom stereocenters. The van der Waals surface area contributed by atoms with E-state index < -0.39 is 5.97 Å². The van der Waals surface area contributed by atoms with Crippen LogP contribution in [0.3, 0.4) is 0 Å². The van der Waals surface area contributed by atoms with Crippen LogP contribution in [0.15, 0.2) is 45.3 Å². The van der Waals surface area contributed by atoms with Gasteiger partial charge in [0.25, 0.3) is 0 Å². The van der Waals surface area contributed by atoms with Crippen molar-refractivity contribution in [3.8, 4) is 0 Å². The Labute approximate surface area is 119 Å². The molecule has 2 aromatic rings. The van der Waals surface area contributed by atoms with Crippen LogP contribution in [0.5, 0.6) is 0 Å². The number of benzene rings is 1. The zero-order valence-electron chi connectivity index (χ0n) is 10.4. The van der Waals surface area contributed by atoms with Crippen molar-refractivity contribution >= 4 is 21.9 Å². The quantitative estimate of drug-likeness (QED) is 0.878. The number of halogens is 1. The maximum absolute atomic E-state index is 11.3. The van der Waals surface area contributed by atoms with Gasteiger partial charge in [-0.15, -0.1) is 0 Å². The summed E-state index contributed by atoms with van der Waals surface area (Å²) in [7, 11) is 1.31. The minimum Gasteiger partial charge on any atom is -0.463 e. The Morgan fingerprint density at radius 2 is 2.21 bits per heavy atom. The maximum atomic E-state index is 11.3. The summed E-state index contributed by atoms with van der Waals surface area (Å²) in [4.78, 5) is 11.3. The van der Waals surface area contributed by atoms with Gasteiger partial charge in [-0.25, -0.2) is 4.79 Å².